The Morgan fingerprint density at radius 3 is 2.63 bits per heavy atom. The van der Waals surface area contributed by atoms with Gasteiger partial charge in [0.25, 0.3) is 5.91 Å². The molecule has 1 heterocycles. The largest absolute Gasteiger partial charge is 0.434 e. The van der Waals surface area contributed by atoms with E-state index >= 15 is 0 Å². The standard InChI is InChI=1S/C20H16ClF4N3OS/c21-14-5-3-6-15(10-14)28-18(20(23,24)25)16(11-27-28)19(29)26-8-9-30-12-13-4-1-2-7-17(13)22/h1-7,10-11H,8-9,12H2,(H,26,29). The number of aromatic nitrogens is 2. The van der Waals surface area contributed by atoms with Crippen molar-refractivity contribution in [2.75, 3.05) is 12.3 Å². The second kappa shape index (κ2) is 9.53. The van der Waals surface area contributed by atoms with Crippen LogP contribution in [0.25, 0.3) is 5.69 Å². The summed E-state index contributed by atoms with van der Waals surface area (Å²) in [7, 11) is 0. The fourth-order valence-electron chi connectivity index (χ4n) is 2.72. The molecule has 30 heavy (non-hydrogen) atoms. The van der Waals surface area contributed by atoms with Crippen molar-refractivity contribution >= 4 is 29.3 Å². The molecule has 1 N–H and O–H groups in total. The number of benzene rings is 2. The minimum atomic E-state index is -4.80. The van der Waals surface area contributed by atoms with Crippen molar-refractivity contribution in [2.45, 2.75) is 11.9 Å². The van der Waals surface area contributed by atoms with Gasteiger partial charge in [-0.1, -0.05) is 35.9 Å². The SMILES string of the molecule is O=C(NCCSCc1ccccc1F)c1cnn(-c2cccc(Cl)c2)c1C(F)(F)F. The minimum absolute atomic E-state index is 0.0920. The van der Waals surface area contributed by atoms with Crippen molar-refractivity contribution in [3.05, 3.63) is 82.4 Å². The molecule has 0 aliphatic carbocycles. The molecule has 0 saturated heterocycles. The lowest BCUT2D eigenvalue weighted by molar-refractivity contribution is -0.143. The molecule has 0 unspecified atom stereocenters. The topological polar surface area (TPSA) is 46.9 Å². The summed E-state index contributed by atoms with van der Waals surface area (Å²) in [5.41, 5.74) is -1.15. The first-order chi connectivity index (χ1) is 14.3. The molecule has 10 heteroatoms. The molecule has 1 amide bonds. The zero-order valence-corrected chi connectivity index (χ0v) is 17.0. The van der Waals surface area contributed by atoms with Crippen LogP contribution >= 0.6 is 23.4 Å². The maximum Gasteiger partial charge on any atom is 0.434 e. The van der Waals surface area contributed by atoms with Gasteiger partial charge in [0.05, 0.1) is 17.4 Å². The second-order valence-corrected chi connectivity index (χ2v) is 7.74. The van der Waals surface area contributed by atoms with Gasteiger partial charge in [0, 0.05) is 23.1 Å². The maximum absolute atomic E-state index is 13.6. The molecule has 158 valence electrons. The number of alkyl halides is 3. The van der Waals surface area contributed by atoms with E-state index in [0.29, 0.717) is 21.8 Å². The molecular weight excluding hydrogens is 442 g/mol. The van der Waals surface area contributed by atoms with Crippen molar-refractivity contribution < 1.29 is 22.4 Å². The molecule has 0 radical (unpaired) electrons. The smallest absolute Gasteiger partial charge is 0.351 e. The van der Waals surface area contributed by atoms with Gasteiger partial charge in [0.2, 0.25) is 0 Å². The summed E-state index contributed by atoms with van der Waals surface area (Å²) in [5.74, 6) is -0.410. The number of thioether (sulfide) groups is 1. The normalized spacial score (nSPS) is 11.5. The summed E-state index contributed by atoms with van der Waals surface area (Å²) in [4.78, 5) is 12.4. The van der Waals surface area contributed by atoms with Crippen molar-refractivity contribution in [1.29, 1.82) is 0 Å². The highest BCUT2D eigenvalue weighted by Gasteiger charge is 2.40. The van der Waals surface area contributed by atoms with Gasteiger partial charge < -0.3 is 5.32 Å². The molecule has 0 saturated carbocycles. The van der Waals surface area contributed by atoms with Crippen LogP contribution in [0.15, 0.2) is 54.7 Å². The average molecular weight is 458 g/mol. The van der Waals surface area contributed by atoms with Crippen LogP contribution in [0.3, 0.4) is 0 Å². The van der Waals surface area contributed by atoms with Crippen molar-refractivity contribution in [3.8, 4) is 5.69 Å². The summed E-state index contributed by atoms with van der Waals surface area (Å²) >= 11 is 7.21. The predicted octanol–water partition coefficient (Wildman–Crippen LogP) is 5.35. The molecule has 0 aliphatic rings. The number of carbonyl (C=O) groups is 1. The van der Waals surface area contributed by atoms with Crippen LogP contribution < -0.4 is 5.32 Å². The van der Waals surface area contributed by atoms with Gasteiger partial charge in [0.1, 0.15) is 5.82 Å². The zero-order chi connectivity index (χ0) is 21.7. The maximum atomic E-state index is 13.6. The van der Waals surface area contributed by atoms with Crippen LogP contribution in [0.1, 0.15) is 21.6 Å². The van der Waals surface area contributed by atoms with E-state index in [4.69, 9.17) is 11.6 Å². The van der Waals surface area contributed by atoms with Gasteiger partial charge in [-0.15, -0.1) is 0 Å². The Hall–Kier alpha value is -2.52. The second-order valence-electron chi connectivity index (χ2n) is 6.20. The molecule has 0 atom stereocenters. The number of amides is 1. The molecule has 0 fully saturated rings. The molecule has 3 rings (SSSR count). The monoisotopic (exact) mass is 457 g/mol. The van der Waals surface area contributed by atoms with Gasteiger partial charge in [0.15, 0.2) is 5.69 Å². The van der Waals surface area contributed by atoms with E-state index in [-0.39, 0.29) is 23.1 Å². The van der Waals surface area contributed by atoms with Gasteiger partial charge in [-0.25, -0.2) is 9.07 Å². The average Bonchev–Trinajstić information content (AvgIpc) is 3.15. The Balaban J connectivity index is 1.66. The zero-order valence-electron chi connectivity index (χ0n) is 15.4. The van der Waals surface area contributed by atoms with Crippen LogP contribution in [0.5, 0.6) is 0 Å². The van der Waals surface area contributed by atoms with E-state index < -0.39 is 23.3 Å². The first-order valence-electron chi connectivity index (χ1n) is 8.78. The Morgan fingerprint density at radius 2 is 1.93 bits per heavy atom. The summed E-state index contributed by atoms with van der Waals surface area (Å²) in [5, 5.41) is 6.44. The van der Waals surface area contributed by atoms with E-state index in [1.54, 1.807) is 18.2 Å². The summed E-state index contributed by atoms with van der Waals surface area (Å²) in [6.07, 6.45) is -3.92. The summed E-state index contributed by atoms with van der Waals surface area (Å²) in [6.45, 7) is 0.123. The number of carbonyl (C=O) groups excluding carboxylic acids is 1. The van der Waals surface area contributed by atoms with E-state index in [0.717, 1.165) is 6.20 Å². The Labute approximate surface area is 179 Å². The third kappa shape index (κ3) is 5.34. The molecule has 1 aromatic heterocycles. The van der Waals surface area contributed by atoms with Crippen LogP contribution in [0.4, 0.5) is 17.6 Å². The van der Waals surface area contributed by atoms with E-state index in [2.05, 4.69) is 10.4 Å². The molecule has 0 aliphatic heterocycles. The number of nitrogens with zero attached hydrogens (tertiary/aromatic N) is 2. The van der Waals surface area contributed by atoms with Crippen LogP contribution in [-0.2, 0) is 11.9 Å². The molecule has 3 aromatic rings. The van der Waals surface area contributed by atoms with Gasteiger partial charge in [-0.3, -0.25) is 4.79 Å². The molecule has 2 aromatic carbocycles. The molecule has 0 bridgehead atoms. The van der Waals surface area contributed by atoms with Crippen molar-refractivity contribution in [2.24, 2.45) is 0 Å². The highest BCUT2D eigenvalue weighted by atomic mass is 35.5. The number of hydrogen-bond acceptors (Lipinski definition) is 3. The van der Waals surface area contributed by atoms with Crippen molar-refractivity contribution in [3.63, 3.8) is 0 Å². The van der Waals surface area contributed by atoms with E-state index in [9.17, 15) is 22.4 Å². The van der Waals surface area contributed by atoms with Crippen LogP contribution in [-0.4, -0.2) is 28.0 Å². The Morgan fingerprint density at radius 1 is 1.17 bits per heavy atom. The third-order valence-electron chi connectivity index (χ3n) is 4.08. The minimum Gasteiger partial charge on any atom is -0.351 e. The molecule has 0 spiro atoms. The lowest BCUT2D eigenvalue weighted by atomic mass is 10.2. The number of rotatable bonds is 7. The first-order valence-corrected chi connectivity index (χ1v) is 10.3. The quantitative estimate of drug-likeness (QED) is 0.384. The van der Waals surface area contributed by atoms with Gasteiger partial charge in [-0.05, 0) is 29.8 Å². The third-order valence-corrected chi connectivity index (χ3v) is 5.33. The Bertz CT molecular complexity index is 1040. The fraction of sp³-hybridized carbons (Fsp3) is 0.200. The van der Waals surface area contributed by atoms with Gasteiger partial charge in [-0.2, -0.15) is 30.0 Å². The Kier molecular flexibility index (Phi) is 7.04. The van der Waals surface area contributed by atoms with Gasteiger partial charge >= 0.3 is 6.18 Å². The highest BCUT2D eigenvalue weighted by molar-refractivity contribution is 7.98. The lowest BCUT2D eigenvalue weighted by Crippen LogP contribution is -2.28. The van der Waals surface area contributed by atoms with Crippen LogP contribution in [0.2, 0.25) is 5.02 Å². The summed E-state index contributed by atoms with van der Waals surface area (Å²) < 4.78 is 55.1. The summed E-state index contributed by atoms with van der Waals surface area (Å²) in [6, 6.07) is 12.1. The number of halogens is 5. The first kappa shape index (κ1) is 22.2. The van der Waals surface area contributed by atoms with Crippen molar-refractivity contribution in [1.82, 2.24) is 15.1 Å². The predicted molar refractivity (Wildman–Crippen MR) is 108 cm³/mol. The number of nitrogens with one attached hydrogen (secondary N) is 1. The highest BCUT2D eigenvalue weighted by Crippen LogP contribution is 2.34. The van der Waals surface area contributed by atoms with E-state index in [1.165, 1.54) is 42.1 Å². The number of hydrogen-bond donors (Lipinski definition) is 1. The van der Waals surface area contributed by atoms with Crippen LogP contribution in [0, 0.1) is 5.82 Å². The van der Waals surface area contributed by atoms with E-state index in [1.807, 2.05) is 0 Å². The lowest BCUT2D eigenvalue weighted by Gasteiger charge is -2.13. The fourth-order valence-corrected chi connectivity index (χ4v) is 3.75. The molecule has 4 nitrogen and oxygen atoms in total. The molecular formula is C20H16ClF4N3OS.